The number of ether oxygens (including phenoxy) is 2. The topological polar surface area (TPSA) is 76.1 Å². The second-order valence-electron chi connectivity index (χ2n) is 3.30. The van der Waals surface area contributed by atoms with E-state index >= 15 is 0 Å². The molecular formula is C9H15NO5. The van der Waals surface area contributed by atoms with E-state index < -0.39 is 24.1 Å². The summed E-state index contributed by atoms with van der Waals surface area (Å²) in [6.45, 7) is 2.22. The molecule has 1 heterocycles. The molecule has 1 rings (SSSR count). The summed E-state index contributed by atoms with van der Waals surface area (Å²) < 4.78 is 9.27. The van der Waals surface area contributed by atoms with Crippen molar-refractivity contribution in [3.8, 4) is 0 Å². The zero-order valence-electron chi connectivity index (χ0n) is 8.80. The van der Waals surface area contributed by atoms with Crippen LogP contribution in [0, 0.1) is 5.92 Å². The fraction of sp³-hybridized carbons (Fsp3) is 0.778. The average molecular weight is 217 g/mol. The Morgan fingerprint density at radius 3 is 2.67 bits per heavy atom. The highest BCUT2D eigenvalue weighted by atomic mass is 16.6. The third kappa shape index (κ3) is 2.59. The Morgan fingerprint density at radius 2 is 2.13 bits per heavy atom. The molecule has 0 radical (unpaired) electrons. The van der Waals surface area contributed by atoms with Crippen molar-refractivity contribution in [3.63, 3.8) is 0 Å². The van der Waals surface area contributed by atoms with Gasteiger partial charge in [-0.3, -0.25) is 4.79 Å². The van der Waals surface area contributed by atoms with Gasteiger partial charge in [-0.1, -0.05) is 0 Å². The maximum atomic E-state index is 11.3. The molecule has 1 aliphatic rings. The Morgan fingerprint density at radius 1 is 1.47 bits per heavy atom. The van der Waals surface area contributed by atoms with Crippen LogP contribution in [0.15, 0.2) is 0 Å². The molecule has 1 N–H and O–H groups in total. The molecule has 0 spiro atoms. The first-order chi connectivity index (χ1) is 7.10. The first-order valence-corrected chi connectivity index (χ1v) is 4.77. The van der Waals surface area contributed by atoms with E-state index in [4.69, 9.17) is 4.74 Å². The average Bonchev–Trinajstić information content (AvgIpc) is 2.60. The number of β-amino-alcohol motifs (C(OH)–C–C–N with tert-alkyl or cyclic N) is 1. The summed E-state index contributed by atoms with van der Waals surface area (Å²) in [5.74, 6) is -1.17. The molecule has 0 saturated carbocycles. The van der Waals surface area contributed by atoms with Crippen molar-refractivity contribution < 1.29 is 24.2 Å². The summed E-state index contributed by atoms with van der Waals surface area (Å²) in [5.41, 5.74) is 0. The summed E-state index contributed by atoms with van der Waals surface area (Å²) in [6.07, 6.45) is -1.38. The van der Waals surface area contributed by atoms with E-state index in [-0.39, 0.29) is 19.7 Å². The summed E-state index contributed by atoms with van der Waals surface area (Å²) in [7, 11) is 1.25. The molecule has 1 saturated heterocycles. The number of nitrogens with zero attached hydrogens (tertiary/aromatic N) is 1. The number of carbonyl (C=O) groups is 2. The molecule has 0 aliphatic carbocycles. The van der Waals surface area contributed by atoms with Crippen LogP contribution in [0.4, 0.5) is 4.79 Å². The Kier molecular flexibility index (Phi) is 3.90. The first kappa shape index (κ1) is 11.8. The van der Waals surface area contributed by atoms with Crippen LogP contribution >= 0.6 is 0 Å². The second kappa shape index (κ2) is 4.97. The van der Waals surface area contributed by atoms with E-state index in [2.05, 4.69) is 4.74 Å². The minimum Gasteiger partial charge on any atom is -0.469 e. The monoisotopic (exact) mass is 217 g/mol. The van der Waals surface area contributed by atoms with Crippen LogP contribution < -0.4 is 0 Å². The van der Waals surface area contributed by atoms with Crippen LogP contribution in [0.3, 0.4) is 0 Å². The zero-order chi connectivity index (χ0) is 11.4. The van der Waals surface area contributed by atoms with Gasteiger partial charge in [0.1, 0.15) is 5.92 Å². The van der Waals surface area contributed by atoms with Crippen molar-refractivity contribution in [3.05, 3.63) is 0 Å². The van der Waals surface area contributed by atoms with Crippen LogP contribution in [0.1, 0.15) is 6.92 Å². The van der Waals surface area contributed by atoms with Gasteiger partial charge in [0, 0.05) is 6.54 Å². The van der Waals surface area contributed by atoms with Gasteiger partial charge in [0.05, 0.1) is 26.4 Å². The first-order valence-electron chi connectivity index (χ1n) is 4.77. The Balaban J connectivity index is 2.55. The molecule has 0 bridgehead atoms. The van der Waals surface area contributed by atoms with Crippen LogP contribution in [0.2, 0.25) is 0 Å². The molecule has 1 fully saturated rings. The van der Waals surface area contributed by atoms with Crippen molar-refractivity contribution in [2.24, 2.45) is 5.92 Å². The highest BCUT2D eigenvalue weighted by Gasteiger charge is 2.39. The number of aliphatic hydroxyl groups is 1. The molecule has 1 aliphatic heterocycles. The molecule has 2 unspecified atom stereocenters. The van der Waals surface area contributed by atoms with E-state index in [1.54, 1.807) is 6.92 Å². The predicted octanol–water partition coefficient (Wildman–Crippen LogP) is -0.391. The molecule has 15 heavy (non-hydrogen) atoms. The van der Waals surface area contributed by atoms with Crippen molar-refractivity contribution in [1.82, 2.24) is 4.90 Å². The fourth-order valence-electron chi connectivity index (χ4n) is 1.53. The largest absolute Gasteiger partial charge is 0.469 e. The van der Waals surface area contributed by atoms with Gasteiger partial charge in [0.15, 0.2) is 0 Å². The Bertz CT molecular complexity index is 255. The Hall–Kier alpha value is -1.30. The molecular weight excluding hydrogens is 202 g/mol. The van der Waals surface area contributed by atoms with Gasteiger partial charge in [0.2, 0.25) is 0 Å². The van der Waals surface area contributed by atoms with E-state index in [9.17, 15) is 14.7 Å². The van der Waals surface area contributed by atoms with Gasteiger partial charge in [0.25, 0.3) is 0 Å². The van der Waals surface area contributed by atoms with E-state index in [0.717, 1.165) is 0 Å². The molecule has 0 aromatic heterocycles. The maximum Gasteiger partial charge on any atom is 0.409 e. The highest BCUT2D eigenvalue weighted by Crippen LogP contribution is 2.18. The number of likely N-dealkylation sites (tertiary alicyclic amines) is 1. The van der Waals surface area contributed by atoms with Gasteiger partial charge in [-0.2, -0.15) is 0 Å². The number of aliphatic hydroxyl groups excluding tert-OH is 1. The predicted molar refractivity (Wildman–Crippen MR) is 50.1 cm³/mol. The van der Waals surface area contributed by atoms with Gasteiger partial charge >= 0.3 is 12.1 Å². The third-order valence-electron chi connectivity index (χ3n) is 2.32. The van der Waals surface area contributed by atoms with Gasteiger partial charge in [-0.25, -0.2) is 4.79 Å². The number of hydrogen-bond acceptors (Lipinski definition) is 5. The smallest absolute Gasteiger partial charge is 0.409 e. The van der Waals surface area contributed by atoms with Crippen molar-refractivity contribution in [1.29, 1.82) is 0 Å². The molecule has 86 valence electrons. The minimum atomic E-state index is -0.873. The van der Waals surface area contributed by atoms with E-state index in [1.165, 1.54) is 12.0 Å². The zero-order valence-corrected chi connectivity index (χ0v) is 8.80. The number of esters is 1. The summed E-state index contributed by atoms with van der Waals surface area (Å²) >= 11 is 0. The lowest BCUT2D eigenvalue weighted by molar-refractivity contribution is -0.147. The quantitative estimate of drug-likeness (QED) is 0.637. The van der Waals surface area contributed by atoms with Crippen LogP contribution in [-0.2, 0) is 14.3 Å². The van der Waals surface area contributed by atoms with Crippen molar-refractivity contribution in [2.75, 3.05) is 26.8 Å². The lowest BCUT2D eigenvalue weighted by atomic mass is 10.1. The second-order valence-corrected chi connectivity index (χ2v) is 3.30. The summed E-state index contributed by atoms with van der Waals surface area (Å²) in [4.78, 5) is 23.8. The van der Waals surface area contributed by atoms with Gasteiger partial charge < -0.3 is 19.5 Å². The van der Waals surface area contributed by atoms with Crippen molar-refractivity contribution >= 4 is 12.1 Å². The van der Waals surface area contributed by atoms with Crippen molar-refractivity contribution in [2.45, 2.75) is 13.0 Å². The standard InChI is InChI=1S/C9H15NO5/c1-3-15-9(13)10-4-6(7(11)5-10)8(12)14-2/h6-7,11H,3-5H2,1-2H3. The minimum absolute atomic E-state index is 0.110. The third-order valence-corrected chi connectivity index (χ3v) is 2.32. The number of carbonyl (C=O) groups excluding carboxylic acids is 2. The number of rotatable bonds is 2. The van der Waals surface area contributed by atoms with Crippen LogP contribution in [0.5, 0.6) is 0 Å². The highest BCUT2D eigenvalue weighted by molar-refractivity contribution is 5.76. The van der Waals surface area contributed by atoms with E-state index in [0.29, 0.717) is 0 Å². The van der Waals surface area contributed by atoms with Gasteiger partial charge in [-0.15, -0.1) is 0 Å². The number of methoxy groups -OCH3 is 1. The van der Waals surface area contributed by atoms with E-state index in [1.807, 2.05) is 0 Å². The molecule has 0 aromatic rings. The molecule has 1 amide bonds. The lowest BCUT2D eigenvalue weighted by Crippen LogP contribution is -2.30. The summed E-state index contributed by atoms with van der Waals surface area (Å²) in [5, 5.41) is 9.53. The van der Waals surface area contributed by atoms with Gasteiger partial charge in [-0.05, 0) is 6.92 Å². The van der Waals surface area contributed by atoms with Crippen LogP contribution in [-0.4, -0.2) is 55.0 Å². The molecule has 0 aromatic carbocycles. The number of hydrogen-bond donors (Lipinski definition) is 1. The fourth-order valence-corrected chi connectivity index (χ4v) is 1.53. The van der Waals surface area contributed by atoms with Crippen LogP contribution in [0.25, 0.3) is 0 Å². The maximum absolute atomic E-state index is 11.3. The molecule has 6 nitrogen and oxygen atoms in total. The Labute approximate surface area is 87.8 Å². The molecule has 6 heteroatoms. The summed E-state index contributed by atoms with van der Waals surface area (Å²) in [6, 6.07) is 0. The lowest BCUT2D eigenvalue weighted by Gasteiger charge is -2.14. The normalized spacial score (nSPS) is 25.1. The molecule has 2 atom stereocenters. The SMILES string of the molecule is CCOC(=O)N1CC(O)C(C(=O)OC)C1. The number of amides is 1.